The third-order valence-corrected chi connectivity index (χ3v) is 5.86. The fraction of sp³-hybridized carbons (Fsp3) is 0.550. The average Bonchev–Trinajstić information content (AvgIpc) is 3.05. The zero-order valence-electron chi connectivity index (χ0n) is 15.2. The van der Waals surface area contributed by atoms with Gasteiger partial charge in [0.1, 0.15) is 11.4 Å². The van der Waals surface area contributed by atoms with Gasteiger partial charge in [0.25, 0.3) is 0 Å². The van der Waals surface area contributed by atoms with E-state index in [0.717, 1.165) is 51.2 Å². The molecule has 0 radical (unpaired) electrons. The number of para-hydroxylation sites is 1. The van der Waals surface area contributed by atoms with Crippen LogP contribution in [0.25, 0.3) is 0 Å². The Balaban J connectivity index is 1.54. The topological polar surface area (TPSA) is 42.3 Å². The number of ether oxygens (including phenoxy) is 1. The summed E-state index contributed by atoms with van der Waals surface area (Å²) >= 11 is 0. The van der Waals surface area contributed by atoms with Crippen molar-refractivity contribution < 1.29 is 4.74 Å². The predicted molar refractivity (Wildman–Crippen MR) is 98.6 cm³/mol. The summed E-state index contributed by atoms with van der Waals surface area (Å²) in [5.41, 5.74) is 2.47. The molecule has 0 bridgehead atoms. The van der Waals surface area contributed by atoms with Gasteiger partial charge < -0.3 is 19.5 Å². The van der Waals surface area contributed by atoms with E-state index in [1.165, 1.54) is 11.3 Å². The summed E-state index contributed by atoms with van der Waals surface area (Å²) in [5, 5.41) is 3.76. The van der Waals surface area contributed by atoms with Crippen LogP contribution in [0.2, 0.25) is 0 Å². The number of rotatable bonds is 4. The van der Waals surface area contributed by atoms with E-state index in [9.17, 15) is 0 Å². The van der Waals surface area contributed by atoms with Crippen molar-refractivity contribution in [3.05, 3.63) is 48.0 Å². The van der Waals surface area contributed by atoms with E-state index < -0.39 is 0 Å². The molecule has 2 aromatic rings. The molecule has 3 heterocycles. The predicted octanol–water partition coefficient (Wildman–Crippen LogP) is 2.89. The number of benzene rings is 1. The Kier molecular flexibility index (Phi) is 4.52. The van der Waals surface area contributed by atoms with Crippen LogP contribution < -0.4 is 10.1 Å². The van der Waals surface area contributed by atoms with Gasteiger partial charge >= 0.3 is 0 Å². The number of nitrogens with zero attached hydrogens (tertiary/aromatic N) is 3. The Morgan fingerprint density at radius 3 is 2.80 bits per heavy atom. The Labute approximate surface area is 150 Å². The van der Waals surface area contributed by atoms with Crippen molar-refractivity contribution in [1.82, 2.24) is 19.8 Å². The lowest BCUT2D eigenvalue weighted by molar-refractivity contribution is -0.0245. The first-order valence-electron chi connectivity index (χ1n) is 9.38. The van der Waals surface area contributed by atoms with Crippen LogP contribution in [0.15, 0.2) is 36.8 Å². The van der Waals surface area contributed by atoms with Crippen LogP contribution in [0.3, 0.4) is 0 Å². The Hall–Kier alpha value is -1.85. The minimum atomic E-state index is -0.0237. The number of piperidine rings is 1. The van der Waals surface area contributed by atoms with E-state index in [0.29, 0.717) is 6.04 Å². The van der Waals surface area contributed by atoms with Crippen molar-refractivity contribution in [1.29, 1.82) is 0 Å². The molecule has 25 heavy (non-hydrogen) atoms. The molecule has 1 N–H and O–H groups in total. The Morgan fingerprint density at radius 2 is 2.08 bits per heavy atom. The van der Waals surface area contributed by atoms with Gasteiger partial charge in [-0.25, -0.2) is 4.98 Å². The van der Waals surface area contributed by atoms with E-state index in [1.54, 1.807) is 0 Å². The minimum absolute atomic E-state index is 0.0237. The summed E-state index contributed by atoms with van der Waals surface area (Å²) in [6, 6.07) is 8.84. The minimum Gasteiger partial charge on any atom is -0.487 e. The molecular weight excluding hydrogens is 312 g/mol. The normalized spacial score (nSPS) is 22.6. The summed E-state index contributed by atoms with van der Waals surface area (Å²) in [5.74, 6) is 1.06. The van der Waals surface area contributed by atoms with Crippen molar-refractivity contribution in [2.45, 2.75) is 44.4 Å². The summed E-state index contributed by atoms with van der Waals surface area (Å²) in [7, 11) is 2.05. The third kappa shape index (κ3) is 3.31. The number of nitrogens with one attached hydrogen (secondary N) is 1. The number of likely N-dealkylation sites (tertiary alicyclic amines) is 1. The van der Waals surface area contributed by atoms with Crippen molar-refractivity contribution in [2.75, 3.05) is 19.6 Å². The smallest absolute Gasteiger partial charge is 0.124 e. The highest BCUT2D eigenvalue weighted by Gasteiger charge is 2.42. The third-order valence-electron chi connectivity index (χ3n) is 5.86. The second-order valence-corrected chi connectivity index (χ2v) is 7.39. The molecule has 1 aromatic carbocycles. The zero-order chi connectivity index (χ0) is 17.3. The summed E-state index contributed by atoms with van der Waals surface area (Å²) in [4.78, 5) is 6.74. The molecule has 1 aromatic heterocycles. The van der Waals surface area contributed by atoms with Gasteiger partial charge in [0, 0.05) is 50.9 Å². The van der Waals surface area contributed by atoms with E-state index in [4.69, 9.17) is 4.74 Å². The summed E-state index contributed by atoms with van der Waals surface area (Å²) in [6.45, 7) is 6.47. The van der Waals surface area contributed by atoms with Crippen LogP contribution >= 0.6 is 0 Å². The highest BCUT2D eigenvalue weighted by molar-refractivity contribution is 5.39. The fourth-order valence-electron chi connectivity index (χ4n) is 4.17. The molecule has 134 valence electrons. The van der Waals surface area contributed by atoms with Gasteiger partial charge in [-0.15, -0.1) is 0 Å². The first-order valence-corrected chi connectivity index (χ1v) is 9.38. The standard InChI is InChI=1S/C20H28N4O/c1-3-24-10-8-20(9-11-24)12-18(17-6-4-5-7-19(17)25-20)22-14-16-13-21-15-23(16)2/h4-7,13,15,18,22H,3,8-12,14H2,1-2H3. The fourth-order valence-corrected chi connectivity index (χ4v) is 4.17. The first kappa shape index (κ1) is 16.6. The lowest BCUT2D eigenvalue weighted by Crippen LogP contribution is -2.51. The van der Waals surface area contributed by atoms with Crippen LogP contribution in [0.4, 0.5) is 0 Å². The monoisotopic (exact) mass is 340 g/mol. The van der Waals surface area contributed by atoms with Crippen molar-refractivity contribution >= 4 is 0 Å². The molecule has 2 aliphatic rings. The van der Waals surface area contributed by atoms with Gasteiger partial charge in [0.15, 0.2) is 0 Å². The zero-order valence-corrected chi connectivity index (χ0v) is 15.2. The molecule has 0 saturated carbocycles. The maximum Gasteiger partial charge on any atom is 0.124 e. The van der Waals surface area contributed by atoms with Crippen molar-refractivity contribution in [3.8, 4) is 5.75 Å². The van der Waals surface area contributed by atoms with Crippen LogP contribution in [-0.4, -0.2) is 39.7 Å². The molecule has 1 saturated heterocycles. The molecule has 4 rings (SSSR count). The maximum absolute atomic E-state index is 6.56. The molecule has 0 amide bonds. The summed E-state index contributed by atoms with van der Waals surface area (Å²) < 4.78 is 8.64. The van der Waals surface area contributed by atoms with Crippen LogP contribution in [0.5, 0.6) is 5.75 Å². The molecular formula is C20H28N4O. The highest BCUT2D eigenvalue weighted by Crippen LogP contribution is 2.44. The van der Waals surface area contributed by atoms with Crippen LogP contribution in [0, 0.1) is 0 Å². The second kappa shape index (κ2) is 6.81. The van der Waals surface area contributed by atoms with Gasteiger partial charge in [-0.1, -0.05) is 25.1 Å². The molecule has 1 spiro atoms. The first-order chi connectivity index (χ1) is 12.2. The van der Waals surface area contributed by atoms with Gasteiger partial charge in [0.2, 0.25) is 0 Å². The van der Waals surface area contributed by atoms with Gasteiger partial charge in [0.05, 0.1) is 12.0 Å². The molecule has 1 atom stereocenters. The molecule has 1 fully saturated rings. The quantitative estimate of drug-likeness (QED) is 0.929. The highest BCUT2D eigenvalue weighted by atomic mass is 16.5. The van der Waals surface area contributed by atoms with Crippen molar-refractivity contribution in [2.24, 2.45) is 7.05 Å². The number of aryl methyl sites for hydroxylation is 1. The van der Waals surface area contributed by atoms with Gasteiger partial charge in [-0.05, 0) is 25.5 Å². The molecule has 1 unspecified atom stereocenters. The number of hydrogen-bond donors (Lipinski definition) is 1. The SMILES string of the molecule is CCN1CCC2(CC1)CC(NCc1cncn1C)c1ccccc1O2. The molecule has 0 aliphatic carbocycles. The molecule has 5 heteroatoms. The summed E-state index contributed by atoms with van der Waals surface area (Å²) in [6.07, 6.45) is 7.06. The number of fused-ring (bicyclic) bond motifs is 1. The number of hydrogen-bond acceptors (Lipinski definition) is 4. The second-order valence-electron chi connectivity index (χ2n) is 7.39. The van der Waals surface area contributed by atoms with Crippen LogP contribution in [0.1, 0.15) is 43.5 Å². The van der Waals surface area contributed by atoms with Gasteiger partial charge in [-0.3, -0.25) is 0 Å². The van der Waals surface area contributed by atoms with Crippen LogP contribution in [-0.2, 0) is 13.6 Å². The van der Waals surface area contributed by atoms with Gasteiger partial charge in [-0.2, -0.15) is 0 Å². The average molecular weight is 340 g/mol. The Bertz CT molecular complexity index is 718. The van der Waals surface area contributed by atoms with E-state index in [1.807, 2.05) is 19.6 Å². The molecule has 5 nitrogen and oxygen atoms in total. The van der Waals surface area contributed by atoms with E-state index in [-0.39, 0.29) is 5.60 Å². The van der Waals surface area contributed by atoms with Crippen molar-refractivity contribution in [3.63, 3.8) is 0 Å². The lowest BCUT2D eigenvalue weighted by atomic mass is 9.80. The number of aromatic nitrogens is 2. The largest absolute Gasteiger partial charge is 0.487 e. The lowest BCUT2D eigenvalue weighted by Gasteiger charge is -2.47. The van der Waals surface area contributed by atoms with E-state index in [2.05, 4.69) is 51.0 Å². The Morgan fingerprint density at radius 1 is 1.28 bits per heavy atom. The molecule has 2 aliphatic heterocycles. The number of imidazole rings is 1. The van der Waals surface area contributed by atoms with E-state index >= 15 is 0 Å². The maximum atomic E-state index is 6.56.